The number of aromatic nitrogens is 2. The standard InChI is InChI=1S/C13H12Cl2N4O3/c1-7-3-4-9(14)5-10(7)16-11(20)6-18-8(2)12(15)13(17-18)19(21)22/h3-5H,6H2,1-2H3,(H,16,20). The van der Waals surface area contributed by atoms with Crippen molar-refractivity contribution in [3.05, 3.63) is 49.6 Å². The normalized spacial score (nSPS) is 10.5. The molecule has 1 N–H and O–H groups in total. The van der Waals surface area contributed by atoms with Gasteiger partial charge in [0.25, 0.3) is 0 Å². The number of rotatable bonds is 4. The number of halogens is 2. The molecule has 0 saturated carbocycles. The summed E-state index contributed by atoms with van der Waals surface area (Å²) in [5.74, 6) is -0.853. The summed E-state index contributed by atoms with van der Waals surface area (Å²) in [6, 6.07) is 5.12. The second kappa shape index (κ2) is 6.33. The SMILES string of the molecule is Cc1ccc(Cl)cc1NC(=O)Cn1nc([N+](=O)[O-])c(Cl)c1C. The number of carbonyl (C=O) groups excluding carboxylic acids is 1. The summed E-state index contributed by atoms with van der Waals surface area (Å²) in [5, 5.41) is 17.6. The lowest BCUT2D eigenvalue weighted by Crippen LogP contribution is -2.20. The van der Waals surface area contributed by atoms with E-state index < -0.39 is 10.7 Å². The molecule has 1 aromatic heterocycles. The maximum atomic E-state index is 12.1. The molecular weight excluding hydrogens is 331 g/mol. The average Bonchev–Trinajstić information content (AvgIpc) is 2.71. The average molecular weight is 343 g/mol. The Kier molecular flexibility index (Phi) is 4.68. The van der Waals surface area contributed by atoms with Crippen molar-refractivity contribution in [2.75, 3.05) is 5.32 Å². The van der Waals surface area contributed by atoms with Crippen LogP contribution in [0.3, 0.4) is 0 Å². The molecule has 1 amide bonds. The summed E-state index contributed by atoms with van der Waals surface area (Å²) in [7, 11) is 0. The Hall–Kier alpha value is -2.12. The van der Waals surface area contributed by atoms with E-state index in [1.807, 2.05) is 6.92 Å². The minimum absolute atomic E-state index is 0.0725. The van der Waals surface area contributed by atoms with Crippen molar-refractivity contribution in [1.82, 2.24) is 9.78 Å². The summed E-state index contributed by atoms with van der Waals surface area (Å²) < 4.78 is 1.19. The van der Waals surface area contributed by atoms with Gasteiger partial charge in [0.15, 0.2) is 5.02 Å². The maximum absolute atomic E-state index is 12.1. The molecule has 2 aromatic rings. The number of benzene rings is 1. The molecule has 0 bridgehead atoms. The quantitative estimate of drug-likeness (QED) is 0.681. The highest BCUT2D eigenvalue weighted by Gasteiger charge is 2.25. The second-order valence-electron chi connectivity index (χ2n) is 4.65. The lowest BCUT2D eigenvalue weighted by atomic mass is 10.2. The molecule has 2 rings (SSSR count). The minimum atomic E-state index is -0.690. The van der Waals surface area contributed by atoms with Crippen molar-refractivity contribution in [3.63, 3.8) is 0 Å². The Morgan fingerprint density at radius 3 is 2.68 bits per heavy atom. The topological polar surface area (TPSA) is 90.1 Å². The van der Waals surface area contributed by atoms with E-state index in [1.54, 1.807) is 25.1 Å². The van der Waals surface area contributed by atoms with Gasteiger partial charge in [0.2, 0.25) is 5.91 Å². The molecule has 0 fully saturated rings. The van der Waals surface area contributed by atoms with Crippen LogP contribution in [-0.2, 0) is 11.3 Å². The number of nitrogens with one attached hydrogen (secondary N) is 1. The van der Waals surface area contributed by atoms with E-state index in [9.17, 15) is 14.9 Å². The molecule has 0 saturated heterocycles. The number of hydrogen-bond donors (Lipinski definition) is 1. The first kappa shape index (κ1) is 16.3. The monoisotopic (exact) mass is 342 g/mol. The van der Waals surface area contributed by atoms with Crippen molar-refractivity contribution >= 4 is 40.6 Å². The zero-order chi connectivity index (χ0) is 16.4. The lowest BCUT2D eigenvalue weighted by molar-refractivity contribution is -0.389. The first-order chi connectivity index (χ1) is 10.3. The van der Waals surface area contributed by atoms with Crippen LogP contribution in [0.25, 0.3) is 0 Å². The predicted octanol–water partition coefficient (Wildman–Crippen LogP) is 3.35. The second-order valence-corrected chi connectivity index (χ2v) is 5.46. The van der Waals surface area contributed by atoms with Crippen molar-refractivity contribution in [1.29, 1.82) is 0 Å². The van der Waals surface area contributed by atoms with Gasteiger partial charge in [0.05, 0.1) is 10.8 Å². The van der Waals surface area contributed by atoms with E-state index in [0.717, 1.165) is 5.56 Å². The van der Waals surface area contributed by atoms with Crippen LogP contribution in [0.4, 0.5) is 11.5 Å². The Morgan fingerprint density at radius 1 is 1.41 bits per heavy atom. The van der Waals surface area contributed by atoms with Crippen LogP contribution in [0.2, 0.25) is 10.0 Å². The minimum Gasteiger partial charge on any atom is -0.358 e. The van der Waals surface area contributed by atoms with Gasteiger partial charge in [0.1, 0.15) is 6.54 Å². The first-order valence-corrected chi connectivity index (χ1v) is 6.98. The fourth-order valence-electron chi connectivity index (χ4n) is 1.83. The van der Waals surface area contributed by atoms with E-state index in [0.29, 0.717) is 16.4 Å². The maximum Gasteiger partial charge on any atom is 0.408 e. The highest BCUT2D eigenvalue weighted by molar-refractivity contribution is 6.33. The van der Waals surface area contributed by atoms with Gasteiger partial charge < -0.3 is 15.4 Å². The van der Waals surface area contributed by atoms with Gasteiger partial charge in [-0.1, -0.05) is 29.3 Å². The zero-order valence-electron chi connectivity index (χ0n) is 11.8. The Morgan fingerprint density at radius 2 is 2.09 bits per heavy atom. The van der Waals surface area contributed by atoms with Gasteiger partial charge in [-0.3, -0.25) is 4.79 Å². The molecule has 0 unspecified atom stereocenters. The molecule has 1 heterocycles. The fraction of sp³-hybridized carbons (Fsp3) is 0.231. The van der Waals surface area contributed by atoms with Crippen molar-refractivity contribution < 1.29 is 9.72 Å². The summed E-state index contributed by atoms with van der Waals surface area (Å²) in [6.45, 7) is 3.19. The Bertz CT molecular complexity index is 758. The lowest BCUT2D eigenvalue weighted by Gasteiger charge is -2.08. The van der Waals surface area contributed by atoms with E-state index in [1.165, 1.54) is 4.68 Å². The summed E-state index contributed by atoms with van der Waals surface area (Å²) >= 11 is 11.7. The smallest absolute Gasteiger partial charge is 0.358 e. The number of amides is 1. The molecule has 0 spiro atoms. The molecule has 0 atom stereocenters. The van der Waals surface area contributed by atoms with Crippen LogP contribution >= 0.6 is 23.2 Å². The number of nitro groups is 1. The third-order valence-electron chi connectivity index (χ3n) is 3.06. The first-order valence-electron chi connectivity index (χ1n) is 6.23. The van der Waals surface area contributed by atoms with Crippen molar-refractivity contribution in [2.24, 2.45) is 0 Å². The zero-order valence-corrected chi connectivity index (χ0v) is 13.3. The van der Waals surface area contributed by atoms with E-state index >= 15 is 0 Å². The number of nitrogens with zero attached hydrogens (tertiary/aromatic N) is 3. The number of carbonyl (C=O) groups is 1. The third-order valence-corrected chi connectivity index (χ3v) is 3.73. The molecule has 9 heteroatoms. The highest BCUT2D eigenvalue weighted by Crippen LogP contribution is 2.26. The third kappa shape index (κ3) is 3.37. The van der Waals surface area contributed by atoms with Crippen molar-refractivity contribution in [3.8, 4) is 0 Å². The summed E-state index contributed by atoms with van der Waals surface area (Å²) in [6.07, 6.45) is 0. The number of anilines is 1. The van der Waals surface area contributed by atoms with E-state index in [4.69, 9.17) is 23.2 Å². The van der Waals surface area contributed by atoms with Crippen molar-refractivity contribution in [2.45, 2.75) is 20.4 Å². The van der Waals surface area contributed by atoms with Crippen LogP contribution in [0.5, 0.6) is 0 Å². The van der Waals surface area contributed by atoms with Crippen LogP contribution in [0.15, 0.2) is 18.2 Å². The van der Waals surface area contributed by atoms with Gasteiger partial charge >= 0.3 is 5.82 Å². The molecule has 116 valence electrons. The van der Waals surface area contributed by atoms with Gasteiger partial charge in [-0.2, -0.15) is 4.68 Å². The molecule has 0 aliphatic rings. The predicted molar refractivity (Wildman–Crippen MR) is 83.4 cm³/mol. The molecular formula is C13H12Cl2N4O3. The number of aryl methyl sites for hydroxylation is 1. The summed E-state index contributed by atoms with van der Waals surface area (Å²) in [4.78, 5) is 22.1. The van der Waals surface area contributed by atoms with Crippen LogP contribution < -0.4 is 5.32 Å². The molecule has 0 aliphatic carbocycles. The molecule has 22 heavy (non-hydrogen) atoms. The van der Waals surface area contributed by atoms with Gasteiger partial charge in [0, 0.05) is 10.7 Å². The molecule has 0 radical (unpaired) electrons. The number of hydrogen-bond acceptors (Lipinski definition) is 4. The van der Waals surface area contributed by atoms with Gasteiger partial charge in [-0.05, 0) is 36.5 Å². The Balaban J connectivity index is 2.17. The van der Waals surface area contributed by atoms with E-state index in [2.05, 4.69) is 10.4 Å². The molecule has 1 aromatic carbocycles. The van der Waals surface area contributed by atoms with Crippen LogP contribution in [-0.4, -0.2) is 20.6 Å². The van der Waals surface area contributed by atoms with Gasteiger partial charge in [-0.15, -0.1) is 0 Å². The largest absolute Gasteiger partial charge is 0.408 e. The van der Waals surface area contributed by atoms with Crippen LogP contribution in [0.1, 0.15) is 11.3 Å². The van der Waals surface area contributed by atoms with E-state index in [-0.39, 0.29) is 17.5 Å². The molecule has 7 nitrogen and oxygen atoms in total. The molecule has 0 aliphatic heterocycles. The summed E-state index contributed by atoms with van der Waals surface area (Å²) in [5.41, 5.74) is 1.77. The highest BCUT2D eigenvalue weighted by atomic mass is 35.5. The Labute approximate surface area is 136 Å². The van der Waals surface area contributed by atoms with Crippen LogP contribution in [0, 0.1) is 24.0 Å². The van der Waals surface area contributed by atoms with Gasteiger partial charge in [-0.25, -0.2) is 0 Å². The fourth-order valence-corrected chi connectivity index (χ4v) is 2.21.